The summed E-state index contributed by atoms with van der Waals surface area (Å²) in [6, 6.07) is 7.61. The molecule has 0 heterocycles. The summed E-state index contributed by atoms with van der Waals surface area (Å²) >= 11 is 0. The Balaban J connectivity index is 0.00000280. The highest BCUT2D eigenvalue weighted by Gasteiger charge is 2.39. The minimum atomic E-state index is -0.0349. The molecule has 0 saturated heterocycles. The third kappa shape index (κ3) is 5.06. The summed E-state index contributed by atoms with van der Waals surface area (Å²) in [6.45, 7) is 5.50. The maximum Gasteiger partial charge on any atom is 0.253 e. The molecule has 0 aromatic heterocycles. The summed E-state index contributed by atoms with van der Waals surface area (Å²) in [5, 5.41) is 3.27. The van der Waals surface area contributed by atoms with Crippen LogP contribution >= 0.6 is 12.4 Å². The standard InChI is InChI=1S/C22H33N3O2.ClH/c1-3-12-25(4-2)22(27)16-10-8-15(9-11-16)21(26)24-20-17-6-5-7-18(20)14-19(23)13-17;/h8-11,17-20H,3-7,12-14,23H2,1-2H3,(H,24,26);1H. The number of fused-ring (bicyclic) bond motifs is 2. The summed E-state index contributed by atoms with van der Waals surface area (Å²) in [5.41, 5.74) is 7.45. The van der Waals surface area contributed by atoms with Crippen molar-refractivity contribution in [2.75, 3.05) is 13.1 Å². The predicted octanol–water partition coefficient (Wildman–Crippen LogP) is 3.62. The second-order valence-electron chi connectivity index (χ2n) is 8.14. The summed E-state index contributed by atoms with van der Waals surface area (Å²) in [7, 11) is 0. The third-order valence-electron chi connectivity index (χ3n) is 6.23. The van der Waals surface area contributed by atoms with Gasteiger partial charge in [-0.3, -0.25) is 9.59 Å². The van der Waals surface area contributed by atoms with E-state index in [0.29, 0.717) is 29.5 Å². The van der Waals surface area contributed by atoms with Gasteiger partial charge in [0.15, 0.2) is 0 Å². The van der Waals surface area contributed by atoms with Gasteiger partial charge in [-0.1, -0.05) is 13.3 Å². The molecule has 3 N–H and O–H groups in total. The van der Waals surface area contributed by atoms with E-state index in [2.05, 4.69) is 12.2 Å². The van der Waals surface area contributed by atoms with Crippen LogP contribution in [-0.2, 0) is 0 Å². The number of halogens is 1. The lowest BCUT2D eigenvalue weighted by Gasteiger charge is -2.45. The highest BCUT2D eigenvalue weighted by atomic mass is 35.5. The smallest absolute Gasteiger partial charge is 0.253 e. The molecule has 2 bridgehead atoms. The third-order valence-corrected chi connectivity index (χ3v) is 6.23. The molecule has 2 aliphatic carbocycles. The van der Waals surface area contributed by atoms with Crippen molar-refractivity contribution >= 4 is 24.2 Å². The molecule has 2 unspecified atom stereocenters. The topological polar surface area (TPSA) is 75.4 Å². The molecule has 28 heavy (non-hydrogen) atoms. The first-order valence-electron chi connectivity index (χ1n) is 10.5. The van der Waals surface area contributed by atoms with Crippen LogP contribution in [0, 0.1) is 11.8 Å². The van der Waals surface area contributed by atoms with Crippen molar-refractivity contribution in [1.82, 2.24) is 10.2 Å². The van der Waals surface area contributed by atoms with Gasteiger partial charge >= 0.3 is 0 Å². The Morgan fingerprint density at radius 3 is 2.18 bits per heavy atom. The van der Waals surface area contributed by atoms with Crippen molar-refractivity contribution in [3.63, 3.8) is 0 Å². The fourth-order valence-electron chi connectivity index (χ4n) is 4.88. The number of benzene rings is 1. The van der Waals surface area contributed by atoms with Gasteiger partial charge < -0.3 is 16.0 Å². The van der Waals surface area contributed by atoms with Crippen molar-refractivity contribution in [3.05, 3.63) is 35.4 Å². The maximum absolute atomic E-state index is 12.8. The normalized spacial score (nSPS) is 26.1. The van der Waals surface area contributed by atoms with Crippen LogP contribution in [0.2, 0.25) is 0 Å². The van der Waals surface area contributed by atoms with Gasteiger partial charge in [0.25, 0.3) is 11.8 Å². The Labute approximate surface area is 174 Å². The largest absolute Gasteiger partial charge is 0.349 e. The molecule has 0 aliphatic heterocycles. The number of hydrogen-bond acceptors (Lipinski definition) is 3. The molecule has 2 amide bonds. The molecule has 1 aromatic carbocycles. The fourth-order valence-corrected chi connectivity index (χ4v) is 4.88. The second kappa shape index (κ2) is 10.3. The molecule has 0 radical (unpaired) electrons. The Kier molecular flexibility index (Phi) is 8.32. The second-order valence-corrected chi connectivity index (χ2v) is 8.14. The molecule has 5 nitrogen and oxygen atoms in total. The minimum Gasteiger partial charge on any atom is -0.349 e. The lowest BCUT2D eigenvalue weighted by Crippen LogP contribution is -2.53. The first kappa shape index (κ1) is 22.7. The summed E-state index contributed by atoms with van der Waals surface area (Å²) in [4.78, 5) is 27.1. The predicted molar refractivity (Wildman–Crippen MR) is 115 cm³/mol. The number of nitrogens with two attached hydrogens (primary N) is 1. The molecule has 6 heteroatoms. The van der Waals surface area contributed by atoms with E-state index >= 15 is 0 Å². The quantitative estimate of drug-likeness (QED) is 0.756. The number of amides is 2. The van der Waals surface area contributed by atoms with E-state index in [9.17, 15) is 9.59 Å². The monoisotopic (exact) mass is 407 g/mol. The van der Waals surface area contributed by atoms with E-state index in [1.54, 1.807) is 24.3 Å². The Morgan fingerprint density at radius 2 is 1.64 bits per heavy atom. The number of nitrogens with one attached hydrogen (secondary N) is 1. The minimum absolute atomic E-state index is 0. The zero-order chi connectivity index (χ0) is 19.4. The summed E-state index contributed by atoms with van der Waals surface area (Å²) < 4.78 is 0. The number of nitrogens with zero attached hydrogens (tertiary/aromatic N) is 1. The van der Waals surface area contributed by atoms with Crippen LogP contribution in [0.1, 0.15) is 73.1 Å². The van der Waals surface area contributed by atoms with Gasteiger partial charge in [-0.2, -0.15) is 0 Å². The van der Waals surface area contributed by atoms with Crippen LogP contribution in [0.25, 0.3) is 0 Å². The van der Waals surface area contributed by atoms with Crippen molar-refractivity contribution in [2.24, 2.45) is 17.6 Å². The van der Waals surface area contributed by atoms with Gasteiger partial charge in [0.05, 0.1) is 0 Å². The molecule has 2 fully saturated rings. The zero-order valence-electron chi connectivity index (χ0n) is 17.0. The average molecular weight is 408 g/mol. The van der Waals surface area contributed by atoms with Crippen molar-refractivity contribution in [2.45, 2.75) is 64.5 Å². The van der Waals surface area contributed by atoms with Gasteiger partial charge in [-0.25, -0.2) is 0 Å². The van der Waals surface area contributed by atoms with Crippen molar-refractivity contribution in [1.29, 1.82) is 0 Å². The van der Waals surface area contributed by atoms with E-state index in [-0.39, 0.29) is 36.3 Å². The lowest BCUT2D eigenvalue weighted by molar-refractivity contribution is 0.0749. The number of rotatable bonds is 6. The number of hydrogen-bond donors (Lipinski definition) is 2. The molecule has 2 aliphatic rings. The Hall–Kier alpha value is -1.59. The fraction of sp³-hybridized carbons (Fsp3) is 0.636. The first-order chi connectivity index (χ1) is 13.0. The number of carbonyl (C=O) groups excluding carboxylic acids is 2. The van der Waals surface area contributed by atoms with Crippen LogP contribution in [0.3, 0.4) is 0 Å². The van der Waals surface area contributed by atoms with E-state index in [1.165, 1.54) is 6.42 Å². The molecule has 2 atom stereocenters. The van der Waals surface area contributed by atoms with Gasteiger partial charge in [-0.05, 0) is 75.1 Å². The van der Waals surface area contributed by atoms with Crippen molar-refractivity contribution < 1.29 is 9.59 Å². The van der Waals surface area contributed by atoms with Gasteiger partial charge in [0.1, 0.15) is 0 Å². The summed E-state index contributed by atoms with van der Waals surface area (Å²) in [6.07, 6.45) is 6.53. The van der Waals surface area contributed by atoms with Gasteiger partial charge in [0.2, 0.25) is 0 Å². The highest BCUT2D eigenvalue weighted by molar-refractivity contribution is 5.98. The van der Waals surface area contributed by atoms with Crippen LogP contribution in [0.15, 0.2) is 24.3 Å². The maximum atomic E-state index is 12.8. The molecular weight excluding hydrogens is 374 g/mol. The molecule has 3 rings (SSSR count). The Morgan fingerprint density at radius 1 is 1.07 bits per heavy atom. The van der Waals surface area contributed by atoms with E-state index in [0.717, 1.165) is 38.6 Å². The van der Waals surface area contributed by atoms with Crippen molar-refractivity contribution in [3.8, 4) is 0 Å². The van der Waals surface area contributed by atoms with Crippen LogP contribution in [-0.4, -0.2) is 41.9 Å². The molecular formula is C22H34ClN3O2. The van der Waals surface area contributed by atoms with Crippen LogP contribution in [0.5, 0.6) is 0 Å². The Bertz CT molecular complexity index is 650. The van der Waals surface area contributed by atoms with Gasteiger partial charge in [0, 0.05) is 36.3 Å². The van der Waals surface area contributed by atoms with Crippen LogP contribution in [0.4, 0.5) is 0 Å². The van der Waals surface area contributed by atoms with E-state index < -0.39 is 0 Å². The highest BCUT2D eigenvalue weighted by Crippen LogP contribution is 2.39. The summed E-state index contributed by atoms with van der Waals surface area (Å²) in [5.74, 6) is 1.00. The molecule has 2 saturated carbocycles. The lowest BCUT2D eigenvalue weighted by atomic mass is 9.67. The van der Waals surface area contributed by atoms with Crippen LogP contribution < -0.4 is 11.1 Å². The molecule has 156 valence electrons. The molecule has 0 spiro atoms. The first-order valence-corrected chi connectivity index (χ1v) is 10.5. The SMILES string of the molecule is CCCN(CC)C(=O)c1ccc(C(=O)NC2C3CCCC2CC(N)C3)cc1.Cl. The van der Waals surface area contributed by atoms with E-state index in [4.69, 9.17) is 5.73 Å². The average Bonchev–Trinajstić information content (AvgIpc) is 2.66. The van der Waals surface area contributed by atoms with Gasteiger partial charge in [-0.15, -0.1) is 12.4 Å². The molecule has 1 aromatic rings. The van der Waals surface area contributed by atoms with E-state index in [1.807, 2.05) is 11.8 Å². The zero-order valence-corrected chi connectivity index (χ0v) is 17.8. The number of carbonyl (C=O) groups is 2.